The average molecular weight is 247 g/mol. The van der Waals surface area contributed by atoms with E-state index < -0.39 is 0 Å². The van der Waals surface area contributed by atoms with Crippen LogP contribution in [0.3, 0.4) is 0 Å². The van der Waals surface area contributed by atoms with Crippen LogP contribution in [0.15, 0.2) is 12.1 Å². The van der Waals surface area contributed by atoms with Crippen molar-refractivity contribution in [2.45, 2.75) is 52.7 Å². The van der Waals surface area contributed by atoms with Gasteiger partial charge in [-0.3, -0.25) is 0 Å². The highest BCUT2D eigenvalue weighted by atomic mass is 16.5. The van der Waals surface area contributed by atoms with E-state index in [2.05, 4.69) is 45.1 Å². The molecule has 2 nitrogen and oxygen atoms in total. The molecule has 1 aliphatic heterocycles. The standard InChI is InChI=1S/C16H25NO/c1-12-8-13(2)15(14(3)9-12)10-18-16(4)6-5-7-17-11-16/h8-9,17H,5-7,10-11H2,1-4H3. The Kier molecular flexibility index (Phi) is 4.08. The van der Waals surface area contributed by atoms with Gasteiger partial charge in [0.2, 0.25) is 0 Å². The second-order valence-corrected chi connectivity index (χ2v) is 5.90. The molecule has 0 radical (unpaired) electrons. The third-order valence-electron chi connectivity index (χ3n) is 3.96. The summed E-state index contributed by atoms with van der Waals surface area (Å²) in [4.78, 5) is 0. The summed E-state index contributed by atoms with van der Waals surface area (Å²) in [5.74, 6) is 0. The van der Waals surface area contributed by atoms with Crippen LogP contribution in [0.1, 0.15) is 42.0 Å². The van der Waals surface area contributed by atoms with Crippen LogP contribution in [0.4, 0.5) is 0 Å². The largest absolute Gasteiger partial charge is 0.369 e. The fourth-order valence-corrected chi connectivity index (χ4v) is 2.84. The van der Waals surface area contributed by atoms with Crippen LogP contribution >= 0.6 is 0 Å². The first-order chi connectivity index (χ1) is 8.50. The van der Waals surface area contributed by atoms with Gasteiger partial charge in [-0.15, -0.1) is 0 Å². The van der Waals surface area contributed by atoms with Crippen LogP contribution in [0.25, 0.3) is 0 Å². The van der Waals surface area contributed by atoms with Gasteiger partial charge in [-0.2, -0.15) is 0 Å². The van der Waals surface area contributed by atoms with Crippen LogP contribution < -0.4 is 5.32 Å². The molecule has 1 saturated heterocycles. The number of nitrogens with one attached hydrogen (secondary N) is 1. The van der Waals surface area contributed by atoms with E-state index in [-0.39, 0.29) is 5.60 Å². The van der Waals surface area contributed by atoms with Gasteiger partial charge in [-0.05, 0) is 63.8 Å². The number of aryl methyl sites for hydroxylation is 3. The Morgan fingerprint density at radius 2 is 1.89 bits per heavy atom. The Labute approximate surface area is 111 Å². The van der Waals surface area contributed by atoms with Gasteiger partial charge in [0.1, 0.15) is 0 Å². The first-order valence-corrected chi connectivity index (χ1v) is 6.92. The molecule has 1 unspecified atom stereocenters. The zero-order chi connectivity index (χ0) is 13.2. The smallest absolute Gasteiger partial charge is 0.0783 e. The van der Waals surface area contributed by atoms with Crippen LogP contribution in [0.2, 0.25) is 0 Å². The number of rotatable bonds is 3. The molecule has 1 N–H and O–H groups in total. The van der Waals surface area contributed by atoms with Crippen LogP contribution in [0, 0.1) is 20.8 Å². The number of hydrogen-bond acceptors (Lipinski definition) is 2. The minimum atomic E-state index is 0.00200. The summed E-state index contributed by atoms with van der Waals surface area (Å²) >= 11 is 0. The fraction of sp³-hybridized carbons (Fsp3) is 0.625. The zero-order valence-electron chi connectivity index (χ0n) is 12.1. The van der Waals surface area contributed by atoms with Crippen molar-refractivity contribution in [2.75, 3.05) is 13.1 Å². The molecular weight excluding hydrogens is 222 g/mol. The Morgan fingerprint density at radius 3 is 2.44 bits per heavy atom. The topological polar surface area (TPSA) is 21.3 Å². The summed E-state index contributed by atoms with van der Waals surface area (Å²) in [5, 5.41) is 3.42. The van der Waals surface area contributed by atoms with Crippen molar-refractivity contribution in [3.63, 3.8) is 0 Å². The molecule has 1 fully saturated rings. The van der Waals surface area contributed by atoms with Crippen molar-refractivity contribution in [1.82, 2.24) is 5.32 Å². The Hall–Kier alpha value is -0.860. The molecule has 0 spiro atoms. The Bertz CT molecular complexity index is 396. The predicted octanol–water partition coefficient (Wildman–Crippen LogP) is 3.27. The summed E-state index contributed by atoms with van der Waals surface area (Å²) < 4.78 is 6.20. The van der Waals surface area contributed by atoms with Gasteiger partial charge in [0.15, 0.2) is 0 Å². The van der Waals surface area contributed by atoms with E-state index in [0.29, 0.717) is 0 Å². The fourth-order valence-electron chi connectivity index (χ4n) is 2.84. The van der Waals surface area contributed by atoms with Crippen molar-refractivity contribution in [1.29, 1.82) is 0 Å². The lowest BCUT2D eigenvalue weighted by molar-refractivity contribution is -0.0574. The van der Waals surface area contributed by atoms with Gasteiger partial charge in [-0.1, -0.05) is 17.7 Å². The summed E-state index contributed by atoms with van der Waals surface area (Å²) in [6.45, 7) is 11.6. The van der Waals surface area contributed by atoms with E-state index in [1.165, 1.54) is 28.7 Å². The monoisotopic (exact) mass is 247 g/mol. The van der Waals surface area contributed by atoms with Crippen molar-refractivity contribution in [2.24, 2.45) is 0 Å². The number of benzene rings is 1. The van der Waals surface area contributed by atoms with Crippen molar-refractivity contribution in [3.8, 4) is 0 Å². The SMILES string of the molecule is Cc1cc(C)c(COC2(C)CCCNC2)c(C)c1. The number of piperidine rings is 1. The molecule has 0 aliphatic carbocycles. The molecule has 0 aromatic heterocycles. The van der Waals surface area contributed by atoms with Gasteiger partial charge >= 0.3 is 0 Å². The summed E-state index contributed by atoms with van der Waals surface area (Å²) in [6, 6.07) is 4.49. The van der Waals surface area contributed by atoms with Gasteiger partial charge in [-0.25, -0.2) is 0 Å². The maximum atomic E-state index is 6.20. The highest BCUT2D eigenvalue weighted by Gasteiger charge is 2.27. The molecule has 1 aromatic rings. The third-order valence-corrected chi connectivity index (χ3v) is 3.96. The molecule has 100 valence electrons. The molecule has 18 heavy (non-hydrogen) atoms. The van der Waals surface area contributed by atoms with Crippen LogP contribution in [0.5, 0.6) is 0 Å². The molecule has 1 aromatic carbocycles. The molecule has 0 bridgehead atoms. The molecule has 1 heterocycles. The van der Waals surface area contributed by atoms with Gasteiger partial charge in [0, 0.05) is 6.54 Å². The number of ether oxygens (including phenoxy) is 1. The first-order valence-electron chi connectivity index (χ1n) is 6.92. The maximum absolute atomic E-state index is 6.20. The lowest BCUT2D eigenvalue weighted by Gasteiger charge is -2.34. The molecule has 0 saturated carbocycles. The minimum absolute atomic E-state index is 0.00200. The van der Waals surface area contributed by atoms with Gasteiger partial charge < -0.3 is 10.1 Å². The summed E-state index contributed by atoms with van der Waals surface area (Å²) in [7, 11) is 0. The van der Waals surface area contributed by atoms with Crippen molar-refractivity contribution >= 4 is 0 Å². The Morgan fingerprint density at radius 1 is 1.22 bits per heavy atom. The average Bonchev–Trinajstić information content (AvgIpc) is 2.28. The van der Waals surface area contributed by atoms with E-state index in [9.17, 15) is 0 Å². The van der Waals surface area contributed by atoms with Crippen molar-refractivity contribution < 1.29 is 4.74 Å². The maximum Gasteiger partial charge on any atom is 0.0783 e. The van der Waals surface area contributed by atoms with Crippen LogP contribution in [-0.4, -0.2) is 18.7 Å². The molecule has 2 heteroatoms. The molecule has 1 atom stereocenters. The van der Waals surface area contributed by atoms with Gasteiger partial charge in [0.25, 0.3) is 0 Å². The first kappa shape index (κ1) is 13.6. The highest BCUT2D eigenvalue weighted by Crippen LogP contribution is 2.24. The lowest BCUT2D eigenvalue weighted by Crippen LogP contribution is -2.45. The van der Waals surface area contributed by atoms with Crippen LogP contribution in [-0.2, 0) is 11.3 Å². The molecule has 1 aliphatic rings. The van der Waals surface area contributed by atoms with E-state index in [4.69, 9.17) is 4.74 Å². The van der Waals surface area contributed by atoms with E-state index in [1.54, 1.807) is 0 Å². The predicted molar refractivity (Wildman–Crippen MR) is 76.0 cm³/mol. The second-order valence-electron chi connectivity index (χ2n) is 5.90. The normalized spacial score (nSPS) is 24.2. The lowest BCUT2D eigenvalue weighted by atomic mass is 9.95. The quantitative estimate of drug-likeness (QED) is 0.885. The second kappa shape index (κ2) is 5.41. The third kappa shape index (κ3) is 3.12. The minimum Gasteiger partial charge on any atom is -0.369 e. The Balaban J connectivity index is 2.06. The molecule has 0 amide bonds. The molecule has 2 rings (SSSR count). The highest BCUT2D eigenvalue weighted by molar-refractivity contribution is 5.37. The zero-order valence-corrected chi connectivity index (χ0v) is 12.1. The van der Waals surface area contributed by atoms with E-state index in [1.807, 2.05) is 0 Å². The van der Waals surface area contributed by atoms with Gasteiger partial charge in [0.05, 0.1) is 12.2 Å². The summed E-state index contributed by atoms with van der Waals surface area (Å²) in [5.41, 5.74) is 5.38. The van der Waals surface area contributed by atoms with E-state index in [0.717, 1.165) is 26.1 Å². The van der Waals surface area contributed by atoms with Crippen molar-refractivity contribution in [3.05, 3.63) is 34.4 Å². The number of hydrogen-bond donors (Lipinski definition) is 1. The summed E-state index contributed by atoms with van der Waals surface area (Å²) in [6.07, 6.45) is 2.37. The van der Waals surface area contributed by atoms with E-state index >= 15 is 0 Å². The molecular formula is C16H25NO.